The molecule has 14 heavy (non-hydrogen) atoms. The Kier molecular flexibility index (Phi) is 19.5. The van der Waals surface area contributed by atoms with Crippen LogP contribution in [0.15, 0.2) is 30.3 Å². The van der Waals surface area contributed by atoms with Gasteiger partial charge in [-0.25, -0.2) is 0 Å². The molecule has 1 aliphatic rings. The number of benzene rings is 1. The third-order valence-corrected chi connectivity index (χ3v) is 1.55. The maximum atomic E-state index is 5.34. The molecule has 0 aromatic heterocycles. The minimum Gasteiger partial charge on any atom is 0 e. The van der Waals surface area contributed by atoms with Crippen molar-refractivity contribution in [3.63, 3.8) is 0 Å². The van der Waals surface area contributed by atoms with E-state index in [1.807, 2.05) is 30.3 Å². The molecule has 1 aromatic carbocycles. The molecule has 64 valence electrons. The number of para-hydroxylation sites is 1. The Hall–Kier alpha value is 2.89. The van der Waals surface area contributed by atoms with E-state index in [9.17, 15) is 0 Å². The fourth-order valence-electron chi connectivity index (χ4n) is 1.06. The molecule has 0 radical (unpaired) electrons. The van der Waals surface area contributed by atoms with Crippen molar-refractivity contribution in [2.45, 2.75) is 0 Å². The van der Waals surface area contributed by atoms with E-state index in [1.54, 1.807) is 0 Å². The second kappa shape index (κ2) is 12.3. The summed E-state index contributed by atoms with van der Waals surface area (Å²) in [6.07, 6.45) is 4.10. The Labute approximate surface area is 181 Å². The standard InChI is InChI=1S/C9H8O.Ca.Mg.Sr.Zn.6H/c1-2-6-9-8(4-1)5-3-7-10-9;;;;;;;;;;/h1-6H,7H2;;;;;;;;;;. The maximum absolute atomic E-state index is 5.34. The van der Waals surface area contributed by atoms with Crippen molar-refractivity contribution < 1.29 is 24.2 Å². The Morgan fingerprint density at radius 2 is 1.79 bits per heavy atom. The van der Waals surface area contributed by atoms with Gasteiger partial charge in [-0.05, 0) is 12.1 Å². The number of fused-ring (bicyclic) bond motifs is 1. The summed E-state index contributed by atoms with van der Waals surface area (Å²) in [5, 5.41) is 0. The van der Waals surface area contributed by atoms with Gasteiger partial charge in [0.25, 0.3) is 0 Å². The Balaban J connectivity index is -0.000000302. The summed E-state index contributed by atoms with van der Waals surface area (Å²) in [5.74, 6) is 0.991. The minimum atomic E-state index is 0. The van der Waals surface area contributed by atoms with Gasteiger partial charge in [0.15, 0.2) is 0 Å². The molecule has 0 N–H and O–H groups in total. The first-order valence-electron chi connectivity index (χ1n) is 3.35. The fourth-order valence-corrected chi connectivity index (χ4v) is 1.06. The van der Waals surface area contributed by atoms with Gasteiger partial charge in [0.2, 0.25) is 0 Å². The normalized spacial score (nSPS) is 10.0. The zero-order valence-corrected chi connectivity index (χ0v) is 9.25. The molecule has 0 spiro atoms. The first-order valence-corrected chi connectivity index (χ1v) is 3.35. The van der Waals surface area contributed by atoms with Gasteiger partial charge < -0.3 is 4.74 Å². The fraction of sp³-hybridized carbons (Fsp3) is 0.111. The molecule has 0 fully saturated rings. The summed E-state index contributed by atoms with van der Waals surface area (Å²) in [5.41, 5.74) is 1.17. The van der Waals surface area contributed by atoms with E-state index in [2.05, 4.69) is 6.08 Å². The second-order valence-electron chi connectivity index (χ2n) is 2.25. The number of rotatable bonds is 0. The quantitative estimate of drug-likeness (QED) is 0.562. The molecule has 2 rings (SSSR count). The summed E-state index contributed by atoms with van der Waals surface area (Å²) in [6, 6.07) is 8.03. The molecule has 1 nitrogen and oxygen atoms in total. The zero-order chi connectivity index (χ0) is 6.81. The molecule has 1 aliphatic heterocycles. The minimum absolute atomic E-state index is 0. The third kappa shape index (κ3) is 6.58. The van der Waals surface area contributed by atoms with E-state index in [4.69, 9.17) is 4.74 Å². The van der Waals surface area contributed by atoms with Crippen molar-refractivity contribution in [1.82, 2.24) is 0 Å². The summed E-state index contributed by atoms with van der Waals surface area (Å²) in [7, 11) is 0. The molecule has 0 saturated carbocycles. The van der Waals surface area contributed by atoms with Crippen LogP contribution in [0.2, 0.25) is 0 Å². The Morgan fingerprint density at radius 3 is 2.43 bits per heavy atom. The number of ether oxygens (including phenoxy) is 1. The zero-order valence-electron chi connectivity index (χ0n) is 6.29. The summed E-state index contributed by atoms with van der Waals surface area (Å²) < 4.78 is 5.34. The van der Waals surface area contributed by atoms with E-state index >= 15 is 0 Å². The van der Waals surface area contributed by atoms with Crippen LogP contribution in [0.1, 0.15) is 5.56 Å². The van der Waals surface area contributed by atoms with Crippen LogP contribution in [0, 0.1) is 0 Å². The van der Waals surface area contributed by atoms with Crippen LogP contribution in [0.4, 0.5) is 0 Å². The SMILES string of the molecule is C1=Cc2ccccc2OC1.[CaH2].[MgH2].[SrH2].[Zn]. The number of hydrogen-bond donors (Lipinski definition) is 0. The molecule has 0 amide bonds. The van der Waals surface area contributed by atoms with Gasteiger partial charge in [-0.1, -0.05) is 24.3 Å². The van der Waals surface area contributed by atoms with Gasteiger partial charge in [-0.2, -0.15) is 0 Å². The maximum Gasteiger partial charge on any atom is 0 e. The van der Waals surface area contributed by atoms with Crippen molar-refractivity contribution in [1.29, 1.82) is 0 Å². The topological polar surface area (TPSA) is 9.23 Å². The van der Waals surface area contributed by atoms with Gasteiger partial charge in [0, 0.05) is 25.0 Å². The molecular weight excluding hydrogens is 341 g/mol. The van der Waals surface area contributed by atoms with Crippen LogP contribution in [0.25, 0.3) is 6.08 Å². The monoisotopic (exact) mass is 354 g/mol. The molecule has 5 heteroatoms. The molecule has 0 unspecified atom stereocenters. The Morgan fingerprint density at radius 1 is 1.14 bits per heavy atom. The molecular formula is C9H14CaMgOSrZn. The van der Waals surface area contributed by atoms with Crippen molar-refractivity contribution >= 4 is 112 Å². The summed E-state index contributed by atoms with van der Waals surface area (Å²) >= 11 is 0. The van der Waals surface area contributed by atoms with E-state index < -0.39 is 0 Å². The smallest absolute Gasteiger partial charge is 0 e. The van der Waals surface area contributed by atoms with Gasteiger partial charge >= 0.3 is 106 Å². The third-order valence-electron chi connectivity index (χ3n) is 1.55. The molecule has 1 heterocycles. The van der Waals surface area contributed by atoms with Crippen LogP contribution < -0.4 is 4.74 Å². The molecule has 0 saturated heterocycles. The van der Waals surface area contributed by atoms with Crippen molar-refractivity contribution in [3.05, 3.63) is 35.9 Å². The molecule has 1 aromatic rings. The second-order valence-corrected chi connectivity index (χ2v) is 2.25. The van der Waals surface area contributed by atoms with E-state index in [0.29, 0.717) is 6.61 Å². The molecule has 0 atom stereocenters. The van der Waals surface area contributed by atoms with Crippen molar-refractivity contribution in [2.75, 3.05) is 6.61 Å². The predicted octanol–water partition coefficient (Wildman–Crippen LogP) is -0.659. The molecule has 0 aliphatic carbocycles. The van der Waals surface area contributed by atoms with Crippen LogP contribution in [-0.2, 0) is 19.5 Å². The van der Waals surface area contributed by atoms with Gasteiger partial charge in [-0.3, -0.25) is 0 Å². The molecule has 0 bridgehead atoms. The van der Waals surface area contributed by atoms with Gasteiger partial charge in [-0.15, -0.1) is 0 Å². The average Bonchev–Trinajstić information content (AvgIpc) is 2.05. The Bertz CT molecular complexity index is 283. The van der Waals surface area contributed by atoms with E-state index in [0.717, 1.165) is 5.75 Å². The predicted molar refractivity (Wildman–Crippen MR) is 66.6 cm³/mol. The van der Waals surface area contributed by atoms with Crippen LogP contribution in [0.3, 0.4) is 0 Å². The largest absolute Gasteiger partial charge is 0 e. The van der Waals surface area contributed by atoms with Crippen molar-refractivity contribution in [2.24, 2.45) is 0 Å². The first kappa shape index (κ1) is 22.1. The van der Waals surface area contributed by atoms with Crippen molar-refractivity contribution in [3.8, 4) is 5.75 Å². The summed E-state index contributed by atoms with van der Waals surface area (Å²) in [6.45, 7) is 0.705. The van der Waals surface area contributed by atoms with Crippen LogP contribution in [0.5, 0.6) is 5.75 Å². The summed E-state index contributed by atoms with van der Waals surface area (Å²) in [4.78, 5) is 0. The number of hydrogen-bond acceptors (Lipinski definition) is 1. The van der Waals surface area contributed by atoms with Gasteiger partial charge in [0.1, 0.15) is 12.4 Å². The van der Waals surface area contributed by atoms with E-state index in [1.165, 1.54) is 5.56 Å². The first-order chi connectivity index (χ1) is 4.97. The van der Waals surface area contributed by atoms with E-state index in [-0.39, 0.29) is 126 Å². The average molecular weight is 356 g/mol. The van der Waals surface area contributed by atoms with Crippen LogP contribution >= 0.6 is 0 Å². The van der Waals surface area contributed by atoms with Gasteiger partial charge in [0.05, 0.1) is 0 Å². The van der Waals surface area contributed by atoms with Crippen LogP contribution in [-0.4, -0.2) is 113 Å².